The molecule has 0 saturated carbocycles. The van der Waals surface area contributed by atoms with Crippen molar-refractivity contribution in [3.05, 3.63) is 71.8 Å². The Morgan fingerprint density at radius 2 is 1.33 bits per heavy atom. The molecule has 1 amide bonds. The van der Waals surface area contributed by atoms with E-state index in [1.807, 2.05) is 36.4 Å². The van der Waals surface area contributed by atoms with Crippen molar-refractivity contribution in [3.63, 3.8) is 0 Å². The van der Waals surface area contributed by atoms with Gasteiger partial charge in [-0.25, -0.2) is 0 Å². The lowest BCUT2D eigenvalue weighted by atomic mass is 9.97. The average Bonchev–Trinajstić information content (AvgIpc) is 2.71. The zero-order chi connectivity index (χ0) is 21.1. The van der Waals surface area contributed by atoms with Crippen LogP contribution in [0.25, 0.3) is 0 Å². The number of carbonyl (C=O) groups is 1. The second-order valence-corrected chi connectivity index (χ2v) is 8.24. The molecule has 2 aromatic carbocycles. The van der Waals surface area contributed by atoms with Crippen molar-refractivity contribution in [2.24, 2.45) is 0 Å². The maximum Gasteiger partial charge on any atom is 0.237 e. The quantitative estimate of drug-likeness (QED) is 0.428. The van der Waals surface area contributed by atoms with Crippen LogP contribution in [0.4, 0.5) is 0 Å². The summed E-state index contributed by atoms with van der Waals surface area (Å²) in [6.45, 7) is 9.48. The third-order valence-corrected chi connectivity index (χ3v) is 4.88. The zero-order valence-corrected chi connectivity index (χ0v) is 18.3. The molecule has 0 fully saturated rings. The van der Waals surface area contributed by atoms with Crippen molar-refractivity contribution >= 4 is 5.91 Å². The molecule has 4 nitrogen and oxygen atoms in total. The molecular weight excluding hydrogens is 370 g/mol. The van der Waals surface area contributed by atoms with Crippen LogP contribution in [0, 0.1) is 0 Å². The lowest BCUT2D eigenvalue weighted by Crippen LogP contribution is -2.48. The molecule has 1 atom stereocenters. The summed E-state index contributed by atoms with van der Waals surface area (Å²) in [6, 6.07) is 20.8. The molecule has 0 heterocycles. The van der Waals surface area contributed by atoms with Crippen molar-refractivity contribution in [1.29, 1.82) is 0 Å². The van der Waals surface area contributed by atoms with Gasteiger partial charge >= 0.3 is 0 Å². The van der Waals surface area contributed by atoms with E-state index in [-0.39, 0.29) is 31.5 Å². The second-order valence-electron chi connectivity index (χ2n) is 8.24. The average molecular weight is 412 g/mol. The van der Waals surface area contributed by atoms with E-state index >= 15 is 0 Å². The number of nitrogens with one attached hydrogen (secondary N) is 3. The molecule has 0 aliphatic carbocycles. The van der Waals surface area contributed by atoms with Crippen LogP contribution in [0.3, 0.4) is 0 Å². The van der Waals surface area contributed by atoms with E-state index < -0.39 is 0 Å². The number of benzene rings is 2. The highest BCUT2D eigenvalue weighted by molar-refractivity contribution is 5.82. The van der Waals surface area contributed by atoms with Crippen LogP contribution >= 0.6 is 0 Å². The number of hydrogen-bond acceptors (Lipinski definition) is 3. The van der Waals surface area contributed by atoms with E-state index in [9.17, 15) is 4.79 Å². The van der Waals surface area contributed by atoms with Gasteiger partial charge in [0.1, 0.15) is 0 Å². The lowest BCUT2D eigenvalue weighted by molar-refractivity contribution is -0.124. The third kappa shape index (κ3) is 9.10. The van der Waals surface area contributed by atoms with Crippen LogP contribution < -0.4 is 16.0 Å². The largest absolute Gasteiger partial charge is 0.344 e. The van der Waals surface area contributed by atoms with Gasteiger partial charge in [0, 0.05) is 12.1 Å². The minimum absolute atomic E-state index is 0. The number of carbonyl (C=O) groups excluding carboxylic acids is 1. The molecule has 0 spiro atoms. The molecule has 0 aliphatic rings. The third-order valence-electron chi connectivity index (χ3n) is 4.88. The zero-order valence-electron chi connectivity index (χ0n) is 18.3. The Balaban J connectivity index is 0.00000450. The molecule has 2 aromatic rings. The molecule has 0 aliphatic heterocycles. The van der Waals surface area contributed by atoms with E-state index in [2.05, 4.69) is 67.9 Å². The summed E-state index contributed by atoms with van der Waals surface area (Å²) >= 11 is 0. The van der Waals surface area contributed by atoms with Crippen molar-refractivity contribution in [1.82, 2.24) is 16.0 Å². The van der Waals surface area contributed by atoms with Crippen LogP contribution in [0.1, 0.15) is 71.6 Å². The van der Waals surface area contributed by atoms with E-state index in [1.54, 1.807) is 0 Å². The van der Waals surface area contributed by atoms with Crippen molar-refractivity contribution in [2.75, 3.05) is 6.54 Å². The fourth-order valence-electron chi connectivity index (χ4n) is 3.45. The van der Waals surface area contributed by atoms with Gasteiger partial charge in [-0.15, -0.1) is 0 Å². The Morgan fingerprint density at radius 3 is 1.80 bits per heavy atom. The molecule has 0 unspecified atom stereocenters. The summed E-state index contributed by atoms with van der Waals surface area (Å²) in [7, 11) is 0. The maximum absolute atomic E-state index is 13.2. The summed E-state index contributed by atoms with van der Waals surface area (Å²) < 4.78 is 0. The summed E-state index contributed by atoms with van der Waals surface area (Å²) in [5, 5.41) is 10.2. The highest BCUT2D eigenvalue weighted by Gasteiger charge is 2.23. The molecule has 0 saturated heterocycles. The van der Waals surface area contributed by atoms with Crippen LogP contribution in [-0.4, -0.2) is 30.6 Å². The second kappa shape index (κ2) is 13.9. The van der Waals surface area contributed by atoms with Crippen LogP contribution in [0.5, 0.6) is 0 Å². The van der Waals surface area contributed by atoms with E-state index in [4.69, 9.17) is 0 Å². The standard InChI is InChI=1S/C25H37N3O.CH4/c1-19(2)26-18-12-11-17-23(27-20(3)4)25(29)28-24(21-13-7-5-8-14-21)22-15-9-6-10-16-22;/h5-10,13-16,19-20,23-24,26-27H,11-12,17-18H2,1-4H3,(H,28,29);1H4/t23-;/m0./s1. The van der Waals surface area contributed by atoms with Gasteiger partial charge in [-0.05, 0) is 30.5 Å². The van der Waals surface area contributed by atoms with Gasteiger partial charge < -0.3 is 16.0 Å². The number of rotatable bonds is 12. The molecule has 4 heteroatoms. The number of amides is 1. The normalized spacial score (nSPS) is 12.1. The Morgan fingerprint density at radius 1 is 0.800 bits per heavy atom. The predicted octanol–water partition coefficient (Wildman–Crippen LogP) is 5.06. The molecule has 30 heavy (non-hydrogen) atoms. The lowest BCUT2D eigenvalue weighted by Gasteiger charge is -2.25. The maximum atomic E-state index is 13.2. The summed E-state index contributed by atoms with van der Waals surface area (Å²) in [5.41, 5.74) is 2.19. The Kier molecular flexibility index (Phi) is 12.0. The van der Waals surface area contributed by atoms with Gasteiger partial charge in [0.15, 0.2) is 0 Å². The molecule has 0 aromatic heterocycles. The van der Waals surface area contributed by atoms with Gasteiger partial charge in [-0.1, -0.05) is 102 Å². The van der Waals surface area contributed by atoms with Gasteiger partial charge in [-0.3, -0.25) is 4.79 Å². The van der Waals surface area contributed by atoms with E-state index in [1.165, 1.54) is 0 Å². The van der Waals surface area contributed by atoms with Crippen LogP contribution in [-0.2, 0) is 4.79 Å². The first-order valence-corrected chi connectivity index (χ1v) is 10.9. The van der Waals surface area contributed by atoms with Gasteiger partial charge in [-0.2, -0.15) is 0 Å². The Hall–Kier alpha value is -2.17. The molecule has 166 valence electrons. The Labute approximate surface area is 183 Å². The first-order valence-electron chi connectivity index (χ1n) is 10.9. The van der Waals surface area contributed by atoms with Crippen molar-refractivity contribution in [3.8, 4) is 0 Å². The molecule has 0 radical (unpaired) electrons. The monoisotopic (exact) mass is 411 g/mol. The van der Waals surface area contributed by atoms with E-state index in [0.29, 0.717) is 6.04 Å². The molecular formula is C26H41N3O. The summed E-state index contributed by atoms with van der Waals surface area (Å²) in [5.74, 6) is 0.0632. The van der Waals surface area contributed by atoms with Crippen molar-refractivity contribution < 1.29 is 4.79 Å². The van der Waals surface area contributed by atoms with Gasteiger partial charge in [0.05, 0.1) is 12.1 Å². The first kappa shape index (κ1) is 25.9. The first-order chi connectivity index (χ1) is 14.0. The van der Waals surface area contributed by atoms with Crippen molar-refractivity contribution in [2.45, 2.75) is 78.6 Å². The predicted molar refractivity (Wildman–Crippen MR) is 129 cm³/mol. The van der Waals surface area contributed by atoms with E-state index in [0.717, 1.165) is 36.9 Å². The summed E-state index contributed by atoms with van der Waals surface area (Å²) in [4.78, 5) is 13.2. The SMILES string of the molecule is C.CC(C)NCCCC[C@H](NC(C)C)C(=O)NC(c1ccccc1)c1ccccc1. The topological polar surface area (TPSA) is 53.2 Å². The smallest absolute Gasteiger partial charge is 0.237 e. The molecule has 2 rings (SSSR count). The molecule has 0 bridgehead atoms. The minimum atomic E-state index is -0.191. The Bertz CT molecular complexity index is 661. The van der Waals surface area contributed by atoms with Gasteiger partial charge in [0.25, 0.3) is 0 Å². The number of hydrogen-bond donors (Lipinski definition) is 3. The molecule has 3 N–H and O–H groups in total. The van der Waals surface area contributed by atoms with Crippen LogP contribution in [0.15, 0.2) is 60.7 Å². The highest BCUT2D eigenvalue weighted by atomic mass is 16.2. The minimum Gasteiger partial charge on any atom is -0.344 e. The fraction of sp³-hybridized carbons (Fsp3) is 0.500. The highest BCUT2D eigenvalue weighted by Crippen LogP contribution is 2.22. The van der Waals surface area contributed by atoms with Crippen LogP contribution in [0.2, 0.25) is 0 Å². The summed E-state index contributed by atoms with van der Waals surface area (Å²) in [6.07, 6.45) is 2.92. The fourth-order valence-corrected chi connectivity index (χ4v) is 3.45. The van der Waals surface area contributed by atoms with Gasteiger partial charge in [0.2, 0.25) is 5.91 Å². The number of unbranched alkanes of at least 4 members (excludes halogenated alkanes) is 1.